The van der Waals surface area contributed by atoms with Crippen LogP contribution in [0.3, 0.4) is 0 Å². The molecule has 0 aromatic heterocycles. The van der Waals surface area contributed by atoms with Crippen LogP contribution < -0.4 is 10.4 Å². The SMILES string of the molecule is CC(C)(C)OC(=O)N[C@H](C/C=C/c1ccccc1)C(=O)[O-]. The average molecular weight is 290 g/mol. The molecule has 0 radical (unpaired) electrons. The molecule has 1 rings (SSSR count). The predicted molar refractivity (Wildman–Crippen MR) is 78.3 cm³/mol. The molecular weight excluding hydrogens is 270 g/mol. The third kappa shape index (κ3) is 7.15. The first kappa shape index (κ1) is 16.8. The Labute approximate surface area is 124 Å². The molecule has 1 amide bonds. The molecule has 1 aromatic carbocycles. The van der Waals surface area contributed by atoms with Crippen molar-refractivity contribution in [3.05, 3.63) is 42.0 Å². The van der Waals surface area contributed by atoms with E-state index < -0.39 is 23.7 Å². The minimum atomic E-state index is -1.35. The highest BCUT2D eigenvalue weighted by atomic mass is 16.6. The summed E-state index contributed by atoms with van der Waals surface area (Å²) < 4.78 is 5.02. The van der Waals surface area contributed by atoms with Crippen molar-refractivity contribution >= 4 is 18.1 Å². The van der Waals surface area contributed by atoms with Crippen molar-refractivity contribution < 1.29 is 19.4 Å². The lowest BCUT2D eigenvalue weighted by molar-refractivity contribution is -0.308. The Kier molecular flexibility index (Phi) is 5.96. The van der Waals surface area contributed by atoms with Crippen molar-refractivity contribution in [2.24, 2.45) is 0 Å². The highest BCUT2D eigenvalue weighted by Crippen LogP contribution is 2.08. The van der Waals surface area contributed by atoms with Crippen LogP contribution in [0.15, 0.2) is 36.4 Å². The topological polar surface area (TPSA) is 78.5 Å². The van der Waals surface area contributed by atoms with Crippen molar-refractivity contribution in [1.82, 2.24) is 5.32 Å². The Morgan fingerprint density at radius 1 is 1.29 bits per heavy atom. The Balaban J connectivity index is 2.56. The second-order valence-electron chi connectivity index (χ2n) is 5.57. The molecule has 0 fully saturated rings. The van der Waals surface area contributed by atoms with E-state index in [0.29, 0.717) is 0 Å². The van der Waals surface area contributed by atoms with Crippen LogP contribution in [0.25, 0.3) is 6.08 Å². The van der Waals surface area contributed by atoms with Gasteiger partial charge < -0.3 is 20.0 Å². The molecule has 1 atom stereocenters. The summed E-state index contributed by atoms with van der Waals surface area (Å²) in [6.45, 7) is 5.11. The molecular formula is C16H20NO4-. The van der Waals surface area contributed by atoms with E-state index >= 15 is 0 Å². The minimum absolute atomic E-state index is 0.121. The van der Waals surface area contributed by atoms with Crippen molar-refractivity contribution in [2.45, 2.75) is 38.8 Å². The van der Waals surface area contributed by atoms with E-state index in [1.807, 2.05) is 30.3 Å². The quantitative estimate of drug-likeness (QED) is 0.895. The normalized spacial score (nSPS) is 12.9. The second kappa shape index (κ2) is 7.47. The molecule has 0 saturated carbocycles. The molecule has 0 saturated heterocycles. The second-order valence-corrected chi connectivity index (χ2v) is 5.57. The molecule has 5 nitrogen and oxygen atoms in total. The summed E-state index contributed by atoms with van der Waals surface area (Å²) in [5, 5.41) is 13.3. The summed E-state index contributed by atoms with van der Waals surface area (Å²) in [4.78, 5) is 22.6. The van der Waals surface area contributed by atoms with Crippen LogP contribution in [-0.4, -0.2) is 23.7 Å². The molecule has 21 heavy (non-hydrogen) atoms. The number of hydrogen-bond acceptors (Lipinski definition) is 4. The van der Waals surface area contributed by atoms with Crippen molar-refractivity contribution in [2.75, 3.05) is 0 Å². The average Bonchev–Trinajstić information content (AvgIpc) is 2.36. The van der Waals surface area contributed by atoms with E-state index in [-0.39, 0.29) is 6.42 Å². The maximum absolute atomic E-state index is 11.6. The van der Waals surface area contributed by atoms with Gasteiger partial charge in [-0.25, -0.2) is 4.79 Å². The van der Waals surface area contributed by atoms with Crippen LogP contribution in [-0.2, 0) is 9.53 Å². The summed E-state index contributed by atoms with van der Waals surface area (Å²) in [5.74, 6) is -1.35. The largest absolute Gasteiger partial charge is 0.548 e. The van der Waals surface area contributed by atoms with E-state index in [0.717, 1.165) is 5.56 Å². The fourth-order valence-corrected chi connectivity index (χ4v) is 1.57. The molecule has 114 valence electrons. The maximum atomic E-state index is 11.6. The number of alkyl carbamates (subject to hydrolysis) is 1. The smallest absolute Gasteiger partial charge is 0.408 e. The molecule has 5 heteroatoms. The van der Waals surface area contributed by atoms with Crippen molar-refractivity contribution in [3.8, 4) is 0 Å². The number of amides is 1. The summed E-state index contributed by atoms with van der Waals surface area (Å²) in [6, 6.07) is 8.33. The summed E-state index contributed by atoms with van der Waals surface area (Å²) in [6.07, 6.45) is 2.81. The number of benzene rings is 1. The Hall–Kier alpha value is -2.30. The molecule has 0 spiro atoms. The number of rotatable bonds is 5. The Morgan fingerprint density at radius 2 is 1.90 bits per heavy atom. The molecule has 0 unspecified atom stereocenters. The van der Waals surface area contributed by atoms with Crippen LogP contribution in [0.1, 0.15) is 32.8 Å². The summed E-state index contributed by atoms with van der Waals surface area (Å²) in [7, 11) is 0. The zero-order valence-corrected chi connectivity index (χ0v) is 12.5. The van der Waals surface area contributed by atoms with Gasteiger partial charge in [0, 0.05) is 0 Å². The van der Waals surface area contributed by atoms with Crippen LogP contribution in [0.2, 0.25) is 0 Å². The van der Waals surface area contributed by atoms with Crippen LogP contribution in [0.5, 0.6) is 0 Å². The summed E-state index contributed by atoms with van der Waals surface area (Å²) >= 11 is 0. The first-order valence-electron chi connectivity index (χ1n) is 6.70. The van der Waals surface area contributed by atoms with Gasteiger partial charge in [-0.1, -0.05) is 42.5 Å². The number of hydrogen-bond donors (Lipinski definition) is 1. The van der Waals surface area contributed by atoms with Crippen molar-refractivity contribution in [3.63, 3.8) is 0 Å². The Bertz CT molecular complexity index is 503. The first-order chi connectivity index (χ1) is 9.78. The van der Waals surface area contributed by atoms with Crippen LogP contribution in [0, 0.1) is 0 Å². The fraction of sp³-hybridized carbons (Fsp3) is 0.375. The van der Waals surface area contributed by atoms with Gasteiger partial charge in [-0.3, -0.25) is 0 Å². The number of carboxylic acids is 1. The lowest BCUT2D eigenvalue weighted by Crippen LogP contribution is -2.48. The van der Waals surface area contributed by atoms with Gasteiger partial charge in [-0.05, 0) is 32.8 Å². The van der Waals surface area contributed by atoms with Crippen molar-refractivity contribution in [1.29, 1.82) is 0 Å². The van der Waals surface area contributed by atoms with Gasteiger partial charge in [0.2, 0.25) is 0 Å². The zero-order valence-electron chi connectivity index (χ0n) is 12.5. The zero-order chi connectivity index (χ0) is 15.9. The number of ether oxygens (including phenoxy) is 1. The minimum Gasteiger partial charge on any atom is -0.548 e. The van der Waals surface area contributed by atoms with E-state index in [1.54, 1.807) is 32.9 Å². The van der Waals surface area contributed by atoms with Crippen LogP contribution >= 0.6 is 0 Å². The number of carbonyl (C=O) groups is 2. The Morgan fingerprint density at radius 3 is 2.43 bits per heavy atom. The third-order valence-corrected chi connectivity index (χ3v) is 2.46. The van der Waals surface area contributed by atoms with Gasteiger partial charge in [-0.15, -0.1) is 0 Å². The monoisotopic (exact) mass is 290 g/mol. The van der Waals surface area contributed by atoms with Gasteiger partial charge in [0.1, 0.15) is 5.60 Å². The van der Waals surface area contributed by atoms with Gasteiger partial charge >= 0.3 is 6.09 Å². The molecule has 0 aliphatic heterocycles. The van der Waals surface area contributed by atoms with E-state index in [4.69, 9.17) is 4.74 Å². The van der Waals surface area contributed by atoms with Gasteiger partial charge in [0.25, 0.3) is 0 Å². The highest BCUT2D eigenvalue weighted by Gasteiger charge is 2.19. The fourth-order valence-electron chi connectivity index (χ4n) is 1.57. The number of nitrogens with one attached hydrogen (secondary N) is 1. The molecule has 0 aliphatic rings. The lowest BCUT2D eigenvalue weighted by atomic mass is 10.1. The number of carboxylic acid groups (broad SMARTS) is 1. The molecule has 0 bridgehead atoms. The van der Waals surface area contributed by atoms with Crippen LogP contribution in [0.4, 0.5) is 4.79 Å². The van der Waals surface area contributed by atoms with E-state index in [2.05, 4.69) is 5.32 Å². The van der Waals surface area contributed by atoms with E-state index in [9.17, 15) is 14.7 Å². The molecule has 0 heterocycles. The van der Waals surface area contributed by atoms with E-state index in [1.165, 1.54) is 0 Å². The standard InChI is InChI=1S/C16H21NO4/c1-16(2,3)21-15(20)17-13(14(18)19)11-7-10-12-8-5-4-6-9-12/h4-10,13H,11H2,1-3H3,(H,17,20)(H,18,19)/p-1/b10-7+/t13-/m1/s1. The molecule has 0 aliphatic carbocycles. The number of aliphatic carboxylic acids is 1. The maximum Gasteiger partial charge on any atom is 0.408 e. The summed E-state index contributed by atoms with van der Waals surface area (Å²) in [5.41, 5.74) is 0.271. The first-order valence-corrected chi connectivity index (χ1v) is 6.70. The van der Waals surface area contributed by atoms with Gasteiger partial charge in [0.15, 0.2) is 0 Å². The molecule has 1 N–H and O–H groups in total. The lowest BCUT2D eigenvalue weighted by Gasteiger charge is -2.23. The molecule has 1 aromatic rings. The third-order valence-electron chi connectivity index (χ3n) is 2.46. The highest BCUT2D eigenvalue weighted by molar-refractivity contribution is 5.79. The van der Waals surface area contributed by atoms with Gasteiger partial charge in [-0.2, -0.15) is 0 Å². The van der Waals surface area contributed by atoms with Gasteiger partial charge in [0.05, 0.1) is 12.0 Å². The predicted octanol–water partition coefficient (Wildman–Crippen LogP) is 1.73. The number of carbonyl (C=O) groups excluding carboxylic acids is 2.